The molecule has 0 radical (unpaired) electrons. The fourth-order valence-electron chi connectivity index (χ4n) is 2.70. The molecule has 2 heterocycles. The van der Waals surface area contributed by atoms with Crippen LogP contribution in [-0.4, -0.2) is 24.3 Å². The van der Waals surface area contributed by atoms with Crippen LogP contribution in [0, 0.1) is 0 Å². The van der Waals surface area contributed by atoms with Crippen molar-refractivity contribution >= 4 is 34.6 Å². The Balaban J connectivity index is 1.38. The van der Waals surface area contributed by atoms with Crippen molar-refractivity contribution in [1.82, 2.24) is 5.43 Å². The van der Waals surface area contributed by atoms with E-state index in [4.69, 9.17) is 9.47 Å². The fourth-order valence-corrected chi connectivity index (χ4v) is 3.32. The summed E-state index contributed by atoms with van der Waals surface area (Å²) < 4.78 is 10.5. The van der Waals surface area contributed by atoms with Crippen LogP contribution in [0.2, 0.25) is 0 Å². The van der Waals surface area contributed by atoms with Crippen molar-refractivity contribution in [3.63, 3.8) is 0 Å². The molecule has 0 saturated carbocycles. The molecule has 0 bridgehead atoms. The van der Waals surface area contributed by atoms with E-state index < -0.39 is 0 Å². The predicted molar refractivity (Wildman–Crippen MR) is 111 cm³/mol. The number of hydrazone groups is 1. The number of hydrogen-bond acceptors (Lipinski definition) is 6. The van der Waals surface area contributed by atoms with Crippen molar-refractivity contribution in [3.8, 4) is 11.5 Å². The first-order chi connectivity index (χ1) is 14.1. The van der Waals surface area contributed by atoms with E-state index in [1.807, 2.05) is 23.6 Å². The summed E-state index contributed by atoms with van der Waals surface area (Å²) in [7, 11) is 0. The van der Waals surface area contributed by atoms with E-state index in [2.05, 4.69) is 15.8 Å². The number of carbonyl (C=O) groups is 2. The van der Waals surface area contributed by atoms with Crippen molar-refractivity contribution < 1.29 is 19.1 Å². The van der Waals surface area contributed by atoms with Gasteiger partial charge in [0.1, 0.15) is 0 Å². The van der Waals surface area contributed by atoms with Gasteiger partial charge in [0.2, 0.25) is 6.79 Å². The van der Waals surface area contributed by atoms with Crippen LogP contribution in [0.1, 0.15) is 32.5 Å². The van der Waals surface area contributed by atoms with Gasteiger partial charge in [0, 0.05) is 11.3 Å². The van der Waals surface area contributed by atoms with Crippen LogP contribution in [0.5, 0.6) is 11.5 Å². The fraction of sp³-hybridized carbons (Fsp3) is 0.0952. The van der Waals surface area contributed by atoms with E-state index >= 15 is 0 Å². The number of nitrogens with one attached hydrogen (secondary N) is 2. The second-order valence-corrected chi connectivity index (χ2v) is 7.16. The number of thiophene rings is 1. The molecule has 8 heteroatoms. The average molecular weight is 407 g/mol. The molecule has 2 N–H and O–H groups in total. The minimum absolute atomic E-state index is 0.144. The van der Waals surface area contributed by atoms with Crippen LogP contribution < -0.4 is 20.2 Å². The van der Waals surface area contributed by atoms with E-state index in [-0.39, 0.29) is 18.6 Å². The largest absolute Gasteiger partial charge is 0.454 e. The zero-order chi connectivity index (χ0) is 20.2. The molecule has 0 aliphatic carbocycles. The number of carbonyl (C=O) groups excluding carboxylic acids is 2. The molecule has 146 valence electrons. The Kier molecular flexibility index (Phi) is 5.26. The van der Waals surface area contributed by atoms with Gasteiger partial charge in [0.25, 0.3) is 11.8 Å². The number of hydrogen-bond donors (Lipinski definition) is 2. The lowest BCUT2D eigenvalue weighted by atomic mass is 10.1. The summed E-state index contributed by atoms with van der Waals surface area (Å²) in [6.45, 7) is 1.95. The molecule has 29 heavy (non-hydrogen) atoms. The minimum Gasteiger partial charge on any atom is -0.454 e. The zero-order valence-corrected chi connectivity index (χ0v) is 16.3. The molecule has 0 unspecified atom stereocenters. The Morgan fingerprint density at radius 3 is 2.48 bits per heavy atom. The maximum atomic E-state index is 12.3. The van der Waals surface area contributed by atoms with Crippen LogP contribution >= 0.6 is 11.3 Å². The molecule has 0 atom stereocenters. The van der Waals surface area contributed by atoms with Gasteiger partial charge >= 0.3 is 0 Å². The summed E-state index contributed by atoms with van der Waals surface area (Å²) in [6, 6.07) is 15.8. The van der Waals surface area contributed by atoms with Gasteiger partial charge in [-0.25, -0.2) is 5.43 Å². The van der Waals surface area contributed by atoms with E-state index in [9.17, 15) is 9.59 Å². The monoisotopic (exact) mass is 407 g/mol. The first kappa shape index (κ1) is 18.7. The normalized spacial score (nSPS) is 12.5. The van der Waals surface area contributed by atoms with Gasteiger partial charge in [-0.1, -0.05) is 18.2 Å². The van der Waals surface area contributed by atoms with Gasteiger partial charge in [-0.2, -0.15) is 5.10 Å². The Bertz CT molecular complexity index is 1080. The second-order valence-electron chi connectivity index (χ2n) is 6.21. The first-order valence-corrected chi connectivity index (χ1v) is 9.68. The molecule has 1 aromatic heterocycles. The van der Waals surface area contributed by atoms with Crippen LogP contribution in [0.3, 0.4) is 0 Å². The summed E-state index contributed by atoms with van der Waals surface area (Å²) in [4.78, 5) is 25.0. The number of anilines is 1. The lowest BCUT2D eigenvalue weighted by molar-refractivity contribution is 0.0953. The number of benzene rings is 2. The molecule has 7 nitrogen and oxygen atoms in total. The number of rotatable bonds is 5. The first-order valence-electron chi connectivity index (χ1n) is 8.80. The summed E-state index contributed by atoms with van der Waals surface area (Å²) in [5, 5.41) is 8.85. The van der Waals surface area contributed by atoms with Crippen LogP contribution in [0.4, 0.5) is 5.69 Å². The molecule has 2 amide bonds. The zero-order valence-electron chi connectivity index (χ0n) is 15.5. The van der Waals surface area contributed by atoms with Crippen LogP contribution in [-0.2, 0) is 0 Å². The lowest BCUT2D eigenvalue weighted by Crippen LogP contribution is -2.19. The van der Waals surface area contributed by atoms with Crippen molar-refractivity contribution in [1.29, 1.82) is 0 Å². The average Bonchev–Trinajstić information content (AvgIpc) is 3.43. The molecular weight excluding hydrogens is 390 g/mol. The second kappa shape index (κ2) is 8.15. The highest BCUT2D eigenvalue weighted by atomic mass is 32.1. The number of amides is 2. The van der Waals surface area contributed by atoms with E-state index in [1.54, 1.807) is 43.3 Å². The summed E-state index contributed by atoms with van der Waals surface area (Å²) in [5.74, 6) is 0.669. The maximum absolute atomic E-state index is 12.3. The smallest absolute Gasteiger partial charge is 0.271 e. The van der Waals surface area contributed by atoms with Crippen molar-refractivity contribution in [2.45, 2.75) is 6.92 Å². The number of ether oxygens (including phenoxy) is 2. The van der Waals surface area contributed by atoms with Gasteiger partial charge in [0.15, 0.2) is 11.5 Å². The number of nitrogens with zero attached hydrogens (tertiary/aromatic N) is 1. The van der Waals surface area contributed by atoms with Gasteiger partial charge < -0.3 is 14.8 Å². The van der Waals surface area contributed by atoms with E-state index in [0.717, 1.165) is 5.56 Å². The lowest BCUT2D eigenvalue weighted by Gasteiger charge is -2.06. The summed E-state index contributed by atoms with van der Waals surface area (Å²) in [6.07, 6.45) is 0. The summed E-state index contributed by atoms with van der Waals surface area (Å²) >= 11 is 1.39. The van der Waals surface area contributed by atoms with Gasteiger partial charge in [-0.3, -0.25) is 9.59 Å². The Hall–Kier alpha value is -3.65. The molecule has 0 fully saturated rings. The van der Waals surface area contributed by atoms with Gasteiger partial charge in [-0.15, -0.1) is 11.3 Å². The maximum Gasteiger partial charge on any atom is 0.271 e. The highest BCUT2D eigenvalue weighted by Gasteiger charge is 2.16. The van der Waals surface area contributed by atoms with Gasteiger partial charge in [0.05, 0.1) is 10.6 Å². The molecule has 3 aromatic rings. The van der Waals surface area contributed by atoms with Gasteiger partial charge in [-0.05, 0) is 54.3 Å². The third-order valence-electron chi connectivity index (χ3n) is 4.27. The summed E-state index contributed by atoms with van der Waals surface area (Å²) in [5.41, 5.74) is 5.11. The highest BCUT2D eigenvalue weighted by Crippen LogP contribution is 2.32. The molecule has 4 rings (SSSR count). The predicted octanol–water partition coefficient (Wildman–Crippen LogP) is 3.88. The van der Waals surface area contributed by atoms with Crippen molar-refractivity contribution in [2.24, 2.45) is 5.10 Å². The number of fused-ring (bicyclic) bond motifs is 1. The van der Waals surface area contributed by atoms with Crippen molar-refractivity contribution in [3.05, 3.63) is 76.0 Å². The minimum atomic E-state index is -0.345. The molecular formula is C21H17N3O4S. The van der Waals surface area contributed by atoms with Crippen molar-refractivity contribution in [2.75, 3.05) is 12.1 Å². The SMILES string of the molecule is CC(=NNC(=O)c1ccc2c(c1)OCO2)c1ccc(NC(=O)c2cccs2)cc1. The molecule has 2 aromatic carbocycles. The standard InChI is InChI=1S/C21H17N3O4S/c1-13(23-24-20(25)15-6-9-17-18(11-15)28-12-27-17)14-4-7-16(8-5-14)22-21(26)19-3-2-10-29-19/h2-11H,12H2,1H3,(H,22,26)(H,24,25). The Morgan fingerprint density at radius 1 is 0.966 bits per heavy atom. The molecule has 0 spiro atoms. The third-order valence-corrected chi connectivity index (χ3v) is 5.13. The van der Waals surface area contributed by atoms with E-state index in [0.29, 0.717) is 33.3 Å². The quantitative estimate of drug-likeness (QED) is 0.496. The Labute approximate surface area is 171 Å². The van der Waals surface area contributed by atoms with Crippen LogP contribution in [0.15, 0.2) is 65.1 Å². The molecule has 1 aliphatic rings. The topological polar surface area (TPSA) is 89.0 Å². The Morgan fingerprint density at radius 2 is 1.72 bits per heavy atom. The third kappa shape index (κ3) is 4.27. The highest BCUT2D eigenvalue weighted by molar-refractivity contribution is 7.12. The van der Waals surface area contributed by atoms with Crippen LogP contribution in [0.25, 0.3) is 0 Å². The molecule has 1 aliphatic heterocycles. The van der Waals surface area contributed by atoms with E-state index in [1.165, 1.54) is 11.3 Å². The molecule has 0 saturated heterocycles.